The van der Waals surface area contributed by atoms with Crippen molar-refractivity contribution >= 4 is 33.7 Å². The van der Waals surface area contributed by atoms with E-state index in [1.807, 2.05) is 11.8 Å². The molecule has 82 valence electrons. The molecule has 0 saturated carbocycles. The van der Waals surface area contributed by atoms with Crippen LogP contribution in [0.3, 0.4) is 0 Å². The number of hydrogen-bond acceptors (Lipinski definition) is 2. The second-order valence-electron chi connectivity index (χ2n) is 2.68. The maximum absolute atomic E-state index is 11.1. The molecule has 0 rings (SSSR count). The minimum atomic E-state index is -0.132. The molecule has 5 heteroatoms. The van der Waals surface area contributed by atoms with E-state index >= 15 is 0 Å². The van der Waals surface area contributed by atoms with Crippen molar-refractivity contribution in [2.75, 3.05) is 24.6 Å². The molecule has 0 aromatic heterocycles. The fourth-order valence-electron chi connectivity index (χ4n) is 0.759. The van der Waals surface area contributed by atoms with E-state index in [0.29, 0.717) is 6.54 Å². The zero-order chi connectivity index (χ0) is 10.8. The lowest BCUT2D eigenvalue weighted by Gasteiger charge is -2.06. The summed E-state index contributed by atoms with van der Waals surface area (Å²) in [4.78, 5) is 11.1. The number of amides is 2. The third-order valence-electron chi connectivity index (χ3n) is 1.40. The Morgan fingerprint density at radius 2 is 2.21 bits per heavy atom. The maximum Gasteiger partial charge on any atom is 0.315 e. The van der Waals surface area contributed by atoms with Gasteiger partial charge in [-0.1, -0.05) is 29.4 Å². The topological polar surface area (TPSA) is 41.1 Å². The lowest BCUT2D eigenvalue weighted by Crippen LogP contribution is -2.36. The SMILES string of the molecule is C=C(Br)CNC(=O)NCCCSCC. The van der Waals surface area contributed by atoms with E-state index in [-0.39, 0.29) is 6.03 Å². The van der Waals surface area contributed by atoms with Crippen molar-refractivity contribution < 1.29 is 4.79 Å². The van der Waals surface area contributed by atoms with Crippen LogP contribution < -0.4 is 10.6 Å². The van der Waals surface area contributed by atoms with Crippen LogP contribution in [0.2, 0.25) is 0 Å². The average Bonchev–Trinajstić information content (AvgIpc) is 2.14. The smallest absolute Gasteiger partial charge is 0.315 e. The predicted molar refractivity (Wildman–Crippen MR) is 67.1 cm³/mol. The Balaban J connectivity index is 3.22. The second kappa shape index (κ2) is 9.40. The summed E-state index contributed by atoms with van der Waals surface area (Å²) in [5.74, 6) is 2.23. The molecule has 0 aliphatic carbocycles. The van der Waals surface area contributed by atoms with Crippen molar-refractivity contribution in [2.45, 2.75) is 13.3 Å². The fraction of sp³-hybridized carbons (Fsp3) is 0.667. The molecule has 2 amide bonds. The molecule has 0 aliphatic rings. The van der Waals surface area contributed by atoms with E-state index in [4.69, 9.17) is 0 Å². The quantitative estimate of drug-likeness (QED) is 0.703. The average molecular weight is 281 g/mol. The van der Waals surface area contributed by atoms with Gasteiger partial charge >= 0.3 is 6.03 Å². The molecule has 0 aromatic carbocycles. The van der Waals surface area contributed by atoms with E-state index in [9.17, 15) is 4.79 Å². The first-order valence-corrected chi connectivity index (χ1v) is 6.54. The first-order chi connectivity index (χ1) is 6.66. The Morgan fingerprint density at radius 3 is 2.79 bits per heavy atom. The van der Waals surface area contributed by atoms with Crippen LogP contribution in [-0.2, 0) is 0 Å². The third kappa shape index (κ3) is 9.92. The third-order valence-corrected chi connectivity index (χ3v) is 2.66. The Hall–Kier alpha value is -0.160. The second-order valence-corrected chi connectivity index (χ2v) is 5.19. The number of hydrogen-bond donors (Lipinski definition) is 2. The molecule has 0 saturated heterocycles. The summed E-state index contributed by atoms with van der Waals surface area (Å²) in [5, 5.41) is 5.44. The van der Waals surface area contributed by atoms with Crippen molar-refractivity contribution in [1.82, 2.24) is 10.6 Å². The van der Waals surface area contributed by atoms with Gasteiger partial charge in [0.15, 0.2) is 0 Å². The van der Waals surface area contributed by atoms with Crippen LogP contribution in [0.5, 0.6) is 0 Å². The normalized spacial score (nSPS) is 9.57. The highest BCUT2D eigenvalue weighted by atomic mass is 79.9. The van der Waals surface area contributed by atoms with Crippen molar-refractivity contribution in [1.29, 1.82) is 0 Å². The summed E-state index contributed by atoms with van der Waals surface area (Å²) in [6.45, 7) is 6.95. The molecule has 3 nitrogen and oxygen atoms in total. The summed E-state index contributed by atoms with van der Waals surface area (Å²) in [6.07, 6.45) is 1.02. The van der Waals surface area contributed by atoms with Crippen molar-refractivity contribution in [3.05, 3.63) is 11.1 Å². The molecule has 14 heavy (non-hydrogen) atoms. The van der Waals surface area contributed by atoms with Gasteiger partial charge in [-0.2, -0.15) is 11.8 Å². The summed E-state index contributed by atoms with van der Waals surface area (Å²) in [6, 6.07) is -0.132. The Morgan fingerprint density at radius 1 is 1.50 bits per heavy atom. The Kier molecular flexibility index (Phi) is 9.29. The van der Waals surface area contributed by atoms with E-state index in [0.717, 1.165) is 29.0 Å². The number of carbonyl (C=O) groups excluding carboxylic acids is 1. The van der Waals surface area contributed by atoms with Gasteiger partial charge in [-0.3, -0.25) is 0 Å². The van der Waals surface area contributed by atoms with Crippen LogP contribution in [0.15, 0.2) is 11.1 Å². The largest absolute Gasteiger partial charge is 0.338 e. The number of nitrogens with one attached hydrogen (secondary N) is 2. The monoisotopic (exact) mass is 280 g/mol. The van der Waals surface area contributed by atoms with Crippen LogP contribution in [0.1, 0.15) is 13.3 Å². The molecule has 0 spiro atoms. The van der Waals surface area contributed by atoms with Gasteiger partial charge < -0.3 is 10.6 Å². The summed E-state index contributed by atoms with van der Waals surface area (Å²) in [5.41, 5.74) is 0. The van der Waals surface area contributed by atoms with Crippen molar-refractivity contribution in [3.63, 3.8) is 0 Å². The van der Waals surface area contributed by atoms with E-state index in [1.165, 1.54) is 0 Å². The lowest BCUT2D eigenvalue weighted by atomic mass is 10.5. The van der Waals surface area contributed by atoms with E-state index < -0.39 is 0 Å². The maximum atomic E-state index is 11.1. The van der Waals surface area contributed by atoms with Gasteiger partial charge in [0.2, 0.25) is 0 Å². The fourth-order valence-corrected chi connectivity index (χ4v) is 1.54. The molecule has 0 fully saturated rings. The molecule has 0 aliphatic heterocycles. The van der Waals surface area contributed by atoms with Gasteiger partial charge in [-0.05, 0) is 17.9 Å². The first-order valence-electron chi connectivity index (χ1n) is 4.59. The molecule has 0 unspecified atom stereocenters. The zero-order valence-corrected chi connectivity index (χ0v) is 10.8. The highest BCUT2D eigenvalue weighted by Gasteiger charge is 1.97. The standard InChI is InChI=1S/C9H17BrN2OS/c1-3-14-6-4-5-11-9(13)12-7-8(2)10/h2-7H2,1H3,(H2,11,12,13). The number of carbonyl (C=O) groups is 1. The number of halogens is 1. The Labute approximate surface area is 98.2 Å². The highest BCUT2D eigenvalue weighted by molar-refractivity contribution is 9.11. The van der Waals surface area contributed by atoms with Gasteiger partial charge in [0.25, 0.3) is 0 Å². The first kappa shape index (κ1) is 13.8. The van der Waals surface area contributed by atoms with Gasteiger partial charge in [-0.25, -0.2) is 4.79 Å². The molecule has 0 radical (unpaired) electrons. The number of rotatable bonds is 7. The van der Waals surface area contributed by atoms with Crippen LogP contribution >= 0.6 is 27.7 Å². The summed E-state index contributed by atoms with van der Waals surface area (Å²) in [7, 11) is 0. The molecule has 0 bridgehead atoms. The molecule has 0 aromatic rings. The van der Waals surface area contributed by atoms with Gasteiger partial charge in [0, 0.05) is 11.0 Å². The summed E-state index contributed by atoms with van der Waals surface area (Å²) >= 11 is 5.05. The van der Waals surface area contributed by atoms with Crippen molar-refractivity contribution in [3.8, 4) is 0 Å². The minimum Gasteiger partial charge on any atom is -0.338 e. The van der Waals surface area contributed by atoms with Crippen LogP contribution in [0, 0.1) is 0 Å². The molecule has 0 atom stereocenters. The predicted octanol–water partition coefficient (Wildman–Crippen LogP) is 2.34. The summed E-state index contributed by atoms with van der Waals surface area (Å²) < 4.78 is 0.772. The minimum absolute atomic E-state index is 0.132. The lowest BCUT2D eigenvalue weighted by molar-refractivity contribution is 0.242. The van der Waals surface area contributed by atoms with Crippen LogP contribution in [0.4, 0.5) is 4.79 Å². The van der Waals surface area contributed by atoms with Crippen molar-refractivity contribution in [2.24, 2.45) is 0 Å². The molecule has 0 heterocycles. The van der Waals surface area contributed by atoms with Gasteiger partial charge in [0.1, 0.15) is 0 Å². The molecular formula is C9H17BrN2OS. The number of thioether (sulfide) groups is 1. The van der Waals surface area contributed by atoms with Gasteiger partial charge in [-0.15, -0.1) is 0 Å². The van der Waals surface area contributed by atoms with Gasteiger partial charge in [0.05, 0.1) is 6.54 Å². The Bertz CT molecular complexity index is 188. The molecule has 2 N–H and O–H groups in total. The van der Waals surface area contributed by atoms with E-state index in [1.54, 1.807) is 0 Å². The van der Waals surface area contributed by atoms with Crippen LogP contribution in [-0.4, -0.2) is 30.6 Å². The number of urea groups is 1. The zero-order valence-electron chi connectivity index (χ0n) is 8.44. The van der Waals surface area contributed by atoms with E-state index in [2.05, 4.69) is 40.1 Å². The van der Waals surface area contributed by atoms with Crippen LogP contribution in [0.25, 0.3) is 0 Å². The highest BCUT2D eigenvalue weighted by Crippen LogP contribution is 1.99. The molecular weight excluding hydrogens is 264 g/mol.